The molecule has 0 aliphatic heterocycles. The SMILES string of the molecule is CC(=O)Nc1cccc(NC(=O)C2CC2C(=O)NCCc2ccccc2)c1. The van der Waals surface area contributed by atoms with Crippen LogP contribution < -0.4 is 16.0 Å². The van der Waals surface area contributed by atoms with E-state index in [9.17, 15) is 14.4 Å². The molecule has 6 heteroatoms. The zero-order chi connectivity index (χ0) is 19.2. The van der Waals surface area contributed by atoms with Gasteiger partial charge in [-0.1, -0.05) is 36.4 Å². The fourth-order valence-electron chi connectivity index (χ4n) is 2.99. The van der Waals surface area contributed by atoms with Crippen LogP contribution in [-0.2, 0) is 20.8 Å². The molecule has 0 heterocycles. The minimum atomic E-state index is -0.300. The highest BCUT2D eigenvalue weighted by molar-refractivity contribution is 6.00. The zero-order valence-corrected chi connectivity index (χ0v) is 15.2. The molecule has 1 aliphatic carbocycles. The largest absolute Gasteiger partial charge is 0.356 e. The lowest BCUT2D eigenvalue weighted by molar-refractivity contribution is -0.125. The third kappa shape index (κ3) is 5.41. The van der Waals surface area contributed by atoms with Gasteiger partial charge in [0.25, 0.3) is 0 Å². The second-order valence-electron chi connectivity index (χ2n) is 6.73. The number of amides is 3. The van der Waals surface area contributed by atoms with Crippen molar-refractivity contribution < 1.29 is 14.4 Å². The number of nitrogens with one attached hydrogen (secondary N) is 3. The molecule has 140 valence electrons. The maximum Gasteiger partial charge on any atom is 0.228 e. The Hall–Kier alpha value is -3.15. The van der Waals surface area contributed by atoms with Crippen molar-refractivity contribution in [2.75, 3.05) is 17.2 Å². The minimum absolute atomic E-state index is 0.0712. The highest BCUT2D eigenvalue weighted by Crippen LogP contribution is 2.39. The third-order valence-electron chi connectivity index (χ3n) is 4.47. The van der Waals surface area contributed by atoms with E-state index in [1.807, 2.05) is 30.3 Å². The van der Waals surface area contributed by atoms with Gasteiger partial charge < -0.3 is 16.0 Å². The number of anilines is 2. The van der Waals surface area contributed by atoms with Gasteiger partial charge >= 0.3 is 0 Å². The number of hydrogen-bond donors (Lipinski definition) is 3. The normalized spacial score (nSPS) is 17.7. The van der Waals surface area contributed by atoms with Crippen molar-refractivity contribution in [1.82, 2.24) is 5.32 Å². The van der Waals surface area contributed by atoms with Crippen LogP contribution in [-0.4, -0.2) is 24.3 Å². The third-order valence-corrected chi connectivity index (χ3v) is 4.47. The van der Waals surface area contributed by atoms with Gasteiger partial charge in [-0.3, -0.25) is 14.4 Å². The molecule has 3 rings (SSSR count). The summed E-state index contributed by atoms with van der Waals surface area (Å²) in [6.45, 7) is 1.99. The molecule has 0 saturated heterocycles. The van der Waals surface area contributed by atoms with E-state index in [4.69, 9.17) is 0 Å². The van der Waals surface area contributed by atoms with Gasteiger partial charge in [0.1, 0.15) is 0 Å². The average molecular weight is 365 g/mol. The molecule has 0 spiro atoms. The van der Waals surface area contributed by atoms with Crippen LogP contribution in [0.4, 0.5) is 11.4 Å². The van der Waals surface area contributed by atoms with Gasteiger partial charge in [-0.05, 0) is 36.6 Å². The van der Waals surface area contributed by atoms with E-state index < -0.39 is 0 Å². The van der Waals surface area contributed by atoms with E-state index in [-0.39, 0.29) is 29.6 Å². The van der Waals surface area contributed by atoms with Crippen LogP contribution in [0.5, 0.6) is 0 Å². The summed E-state index contributed by atoms with van der Waals surface area (Å²) in [5.74, 6) is -0.977. The Morgan fingerprint density at radius 2 is 1.56 bits per heavy atom. The Labute approximate surface area is 158 Å². The lowest BCUT2D eigenvalue weighted by Gasteiger charge is -2.08. The van der Waals surface area contributed by atoms with Crippen molar-refractivity contribution in [3.63, 3.8) is 0 Å². The summed E-state index contributed by atoms with van der Waals surface area (Å²) in [6, 6.07) is 16.9. The van der Waals surface area contributed by atoms with Crippen LogP contribution in [0.1, 0.15) is 18.9 Å². The van der Waals surface area contributed by atoms with E-state index in [1.54, 1.807) is 24.3 Å². The summed E-state index contributed by atoms with van der Waals surface area (Å²) in [5, 5.41) is 8.39. The Bertz CT molecular complexity index is 836. The topological polar surface area (TPSA) is 87.3 Å². The molecule has 1 aliphatic rings. The molecular weight excluding hydrogens is 342 g/mol. The van der Waals surface area contributed by atoms with Crippen LogP contribution in [0, 0.1) is 11.8 Å². The molecule has 2 atom stereocenters. The minimum Gasteiger partial charge on any atom is -0.356 e. The lowest BCUT2D eigenvalue weighted by Crippen LogP contribution is -2.29. The van der Waals surface area contributed by atoms with Crippen LogP contribution in [0.2, 0.25) is 0 Å². The van der Waals surface area contributed by atoms with Gasteiger partial charge in [0.05, 0.1) is 11.8 Å². The van der Waals surface area contributed by atoms with Crippen LogP contribution in [0.25, 0.3) is 0 Å². The maximum atomic E-state index is 12.3. The van der Waals surface area contributed by atoms with E-state index in [1.165, 1.54) is 12.5 Å². The van der Waals surface area contributed by atoms with Crippen molar-refractivity contribution in [3.8, 4) is 0 Å². The van der Waals surface area contributed by atoms with Crippen LogP contribution >= 0.6 is 0 Å². The molecule has 27 heavy (non-hydrogen) atoms. The molecule has 2 aromatic rings. The quantitative estimate of drug-likeness (QED) is 0.705. The number of carbonyl (C=O) groups excluding carboxylic acids is 3. The first-order chi connectivity index (χ1) is 13.0. The first-order valence-corrected chi connectivity index (χ1v) is 9.03. The Balaban J connectivity index is 1.44. The maximum absolute atomic E-state index is 12.3. The number of rotatable bonds is 7. The molecule has 1 saturated carbocycles. The Morgan fingerprint density at radius 3 is 2.26 bits per heavy atom. The molecule has 3 N–H and O–H groups in total. The van der Waals surface area contributed by atoms with Crippen molar-refractivity contribution >= 4 is 29.1 Å². The predicted octanol–water partition coefficient (Wildman–Crippen LogP) is 2.58. The van der Waals surface area contributed by atoms with E-state index in [2.05, 4.69) is 16.0 Å². The predicted molar refractivity (Wildman–Crippen MR) is 104 cm³/mol. The molecule has 0 bridgehead atoms. The molecule has 6 nitrogen and oxygen atoms in total. The molecule has 0 aromatic heterocycles. The van der Waals surface area contributed by atoms with Gasteiger partial charge in [0.15, 0.2) is 0 Å². The molecule has 3 amide bonds. The van der Waals surface area contributed by atoms with Gasteiger partial charge in [-0.25, -0.2) is 0 Å². The average Bonchev–Trinajstić information content (AvgIpc) is 3.43. The summed E-state index contributed by atoms with van der Waals surface area (Å²) < 4.78 is 0. The molecular formula is C21H23N3O3. The summed E-state index contributed by atoms with van der Waals surface area (Å²) >= 11 is 0. The summed E-state index contributed by atoms with van der Waals surface area (Å²) in [7, 11) is 0. The smallest absolute Gasteiger partial charge is 0.228 e. The fraction of sp³-hybridized carbons (Fsp3) is 0.286. The number of hydrogen-bond acceptors (Lipinski definition) is 3. The first kappa shape index (κ1) is 18.6. The number of benzene rings is 2. The monoisotopic (exact) mass is 365 g/mol. The second-order valence-corrected chi connectivity index (χ2v) is 6.73. The summed E-state index contributed by atoms with van der Waals surface area (Å²) in [5.41, 5.74) is 2.38. The first-order valence-electron chi connectivity index (χ1n) is 9.03. The molecule has 2 unspecified atom stereocenters. The van der Waals surface area contributed by atoms with Crippen molar-refractivity contribution in [1.29, 1.82) is 0 Å². The van der Waals surface area contributed by atoms with Gasteiger partial charge in [0.2, 0.25) is 17.7 Å². The van der Waals surface area contributed by atoms with Crippen molar-refractivity contribution in [2.24, 2.45) is 11.8 Å². The number of carbonyl (C=O) groups is 3. The van der Waals surface area contributed by atoms with Gasteiger partial charge in [0, 0.05) is 24.8 Å². The standard InChI is InChI=1S/C21H23N3O3/c1-14(25)23-16-8-5-9-17(12-16)24-21(27)19-13-18(19)20(26)22-11-10-15-6-3-2-4-7-15/h2-9,12,18-19H,10-11,13H2,1H3,(H,22,26)(H,23,25)(H,24,27). The highest BCUT2D eigenvalue weighted by Gasteiger charge is 2.47. The second kappa shape index (κ2) is 8.49. The highest BCUT2D eigenvalue weighted by atomic mass is 16.2. The van der Waals surface area contributed by atoms with Gasteiger partial charge in [-0.2, -0.15) is 0 Å². The van der Waals surface area contributed by atoms with Gasteiger partial charge in [-0.15, -0.1) is 0 Å². The van der Waals surface area contributed by atoms with E-state index >= 15 is 0 Å². The lowest BCUT2D eigenvalue weighted by atomic mass is 10.1. The fourth-order valence-corrected chi connectivity index (χ4v) is 2.99. The summed E-state index contributed by atoms with van der Waals surface area (Å²) in [6.07, 6.45) is 1.33. The van der Waals surface area contributed by atoms with E-state index in [0.717, 1.165) is 6.42 Å². The Morgan fingerprint density at radius 1 is 0.889 bits per heavy atom. The molecule has 1 fully saturated rings. The van der Waals surface area contributed by atoms with Crippen LogP contribution in [0.3, 0.4) is 0 Å². The van der Waals surface area contributed by atoms with Crippen LogP contribution in [0.15, 0.2) is 54.6 Å². The zero-order valence-electron chi connectivity index (χ0n) is 15.2. The van der Waals surface area contributed by atoms with E-state index in [0.29, 0.717) is 24.3 Å². The Kier molecular flexibility index (Phi) is 5.86. The van der Waals surface area contributed by atoms with Crippen molar-refractivity contribution in [2.45, 2.75) is 19.8 Å². The molecule has 0 radical (unpaired) electrons. The van der Waals surface area contributed by atoms with Crippen molar-refractivity contribution in [3.05, 3.63) is 60.2 Å². The summed E-state index contributed by atoms with van der Waals surface area (Å²) in [4.78, 5) is 35.7. The molecule has 2 aromatic carbocycles.